The number of carbonyl (C=O) groups excluding carboxylic acids is 2. The fourth-order valence-corrected chi connectivity index (χ4v) is 3.92. The van der Waals surface area contributed by atoms with Crippen molar-refractivity contribution in [2.75, 3.05) is 25.1 Å². The number of rotatable bonds is 7. The highest BCUT2D eigenvalue weighted by Gasteiger charge is 2.39. The van der Waals surface area contributed by atoms with Gasteiger partial charge in [0.05, 0.1) is 18.7 Å². The number of nitrogens with one attached hydrogen (secondary N) is 1. The van der Waals surface area contributed by atoms with E-state index in [-0.39, 0.29) is 18.1 Å². The molecule has 0 aliphatic carbocycles. The second kappa shape index (κ2) is 9.27. The Morgan fingerprint density at radius 3 is 2.41 bits per heavy atom. The third-order valence-electron chi connectivity index (χ3n) is 5.52. The normalized spacial score (nSPS) is 15.0. The molecule has 2 aromatic carbocycles. The standard InChI is InChI=1S/C26H23N3O5/c1-2-32-20-6-3-18(4-7-20)23-24(28-19-5-8-21-22(15-19)34-14-13-33-21)26(31)29(25(23)30)16-17-9-11-27-12-10-17/h3-12,15,28H,2,13-14,16H2,1H3. The summed E-state index contributed by atoms with van der Waals surface area (Å²) >= 11 is 0. The van der Waals surface area contributed by atoms with E-state index in [0.717, 1.165) is 5.56 Å². The monoisotopic (exact) mass is 457 g/mol. The fraction of sp³-hybridized carbons (Fsp3) is 0.192. The van der Waals surface area contributed by atoms with Gasteiger partial charge in [-0.05, 0) is 54.4 Å². The van der Waals surface area contributed by atoms with Crippen LogP contribution in [0.15, 0.2) is 72.7 Å². The molecule has 0 spiro atoms. The smallest absolute Gasteiger partial charge is 0.278 e. The Bertz CT molecular complexity index is 1260. The molecule has 1 N–H and O–H groups in total. The van der Waals surface area contributed by atoms with Crippen molar-refractivity contribution < 1.29 is 23.8 Å². The molecule has 0 saturated heterocycles. The van der Waals surface area contributed by atoms with Crippen LogP contribution in [0.5, 0.6) is 17.2 Å². The molecule has 3 aromatic rings. The van der Waals surface area contributed by atoms with E-state index in [1.165, 1.54) is 4.90 Å². The largest absolute Gasteiger partial charge is 0.494 e. The van der Waals surface area contributed by atoms with Crippen molar-refractivity contribution >= 4 is 23.1 Å². The first kappa shape index (κ1) is 21.5. The molecule has 0 bridgehead atoms. The lowest BCUT2D eigenvalue weighted by molar-refractivity contribution is -0.137. The number of ether oxygens (including phenoxy) is 3. The Morgan fingerprint density at radius 2 is 1.68 bits per heavy atom. The first-order valence-corrected chi connectivity index (χ1v) is 11.0. The SMILES string of the molecule is CCOc1ccc(C2=C(Nc3ccc4c(c3)OCCO4)C(=O)N(Cc3ccncc3)C2=O)cc1. The number of amides is 2. The van der Waals surface area contributed by atoms with Gasteiger partial charge in [0, 0.05) is 24.1 Å². The Labute approximate surface area is 196 Å². The molecule has 0 radical (unpaired) electrons. The molecule has 3 heterocycles. The highest BCUT2D eigenvalue weighted by Crippen LogP contribution is 2.36. The van der Waals surface area contributed by atoms with Gasteiger partial charge < -0.3 is 19.5 Å². The van der Waals surface area contributed by atoms with E-state index in [9.17, 15) is 9.59 Å². The number of anilines is 1. The lowest BCUT2D eigenvalue weighted by atomic mass is 10.0. The molecule has 2 aliphatic rings. The Kier molecular flexibility index (Phi) is 5.86. The summed E-state index contributed by atoms with van der Waals surface area (Å²) in [4.78, 5) is 32.2. The molecular weight excluding hydrogens is 434 g/mol. The summed E-state index contributed by atoms with van der Waals surface area (Å²) in [5, 5.41) is 3.16. The van der Waals surface area contributed by atoms with Crippen LogP contribution in [-0.2, 0) is 16.1 Å². The molecule has 0 fully saturated rings. The van der Waals surface area contributed by atoms with E-state index in [1.54, 1.807) is 67.0 Å². The summed E-state index contributed by atoms with van der Waals surface area (Å²) in [6, 6.07) is 16.0. The molecule has 8 nitrogen and oxygen atoms in total. The number of imide groups is 1. The van der Waals surface area contributed by atoms with Gasteiger partial charge in [0.15, 0.2) is 11.5 Å². The highest BCUT2D eigenvalue weighted by molar-refractivity contribution is 6.36. The number of fused-ring (bicyclic) bond motifs is 1. The number of pyridine rings is 1. The van der Waals surface area contributed by atoms with Crippen LogP contribution in [0.25, 0.3) is 5.57 Å². The average Bonchev–Trinajstić information content (AvgIpc) is 3.09. The fourth-order valence-electron chi connectivity index (χ4n) is 3.92. The van der Waals surface area contributed by atoms with Gasteiger partial charge in [-0.15, -0.1) is 0 Å². The number of aromatic nitrogens is 1. The minimum absolute atomic E-state index is 0.146. The lowest BCUT2D eigenvalue weighted by Gasteiger charge is -2.19. The zero-order valence-corrected chi connectivity index (χ0v) is 18.6. The summed E-state index contributed by atoms with van der Waals surface area (Å²) in [7, 11) is 0. The van der Waals surface area contributed by atoms with E-state index in [0.29, 0.717) is 53.9 Å². The van der Waals surface area contributed by atoms with Gasteiger partial charge in [0.2, 0.25) is 0 Å². The minimum atomic E-state index is -0.402. The summed E-state index contributed by atoms with van der Waals surface area (Å²) in [6.07, 6.45) is 3.27. The zero-order valence-electron chi connectivity index (χ0n) is 18.6. The number of nitrogens with zero attached hydrogens (tertiary/aromatic N) is 2. The van der Waals surface area contributed by atoms with Crippen LogP contribution in [0.3, 0.4) is 0 Å². The van der Waals surface area contributed by atoms with Crippen molar-refractivity contribution in [3.05, 3.63) is 83.8 Å². The van der Waals surface area contributed by atoms with Crippen LogP contribution in [0.2, 0.25) is 0 Å². The molecular formula is C26H23N3O5. The quantitative estimate of drug-likeness (QED) is 0.542. The number of benzene rings is 2. The van der Waals surface area contributed by atoms with Gasteiger partial charge in [-0.3, -0.25) is 19.5 Å². The maximum absolute atomic E-state index is 13.5. The summed E-state index contributed by atoms with van der Waals surface area (Å²) in [6.45, 7) is 3.53. The van der Waals surface area contributed by atoms with Crippen molar-refractivity contribution in [1.29, 1.82) is 0 Å². The number of hydrogen-bond acceptors (Lipinski definition) is 7. The molecule has 0 saturated carbocycles. The van der Waals surface area contributed by atoms with Gasteiger partial charge in [-0.25, -0.2) is 0 Å². The van der Waals surface area contributed by atoms with Crippen molar-refractivity contribution in [2.24, 2.45) is 0 Å². The maximum atomic E-state index is 13.5. The van der Waals surface area contributed by atoms with E-state index in [1.807, 2.05) is 6.92 Å². The van der Waals surface area contributed by atoms with Crippen molar-refractivity contribution in [3.8, 4) is 17.2 Å². The first-order valence-electron chi connectivity index (χ1n) is 11.0. The molecule has 172 valence electrons. The van der Waals surface area contributed by atoms with Gasteiger partial charge in [-0.2, -0.15) is 0 Å². The molecule has 0 unspecified atom stereocenters. The van der Waals surface area contributed by atoms with Crippen LogP contribution in [0.4, 0.5) is 5.69 Å². The Hall–Kier alpha value is -4.33. The Balaban J connectivity index is 1.51. The van der Waals surface area contributed by atoms with Crippen molar-refractivity contribution in [1.82, 2.24) is 9.88 Å². The molecule has 5 rings (SSSR count). The average molecular weight is 457 g/mol. The van der Waals surface area contributed by atoms with Crippen LogP contribution in [-0.4, -0.2) is 41.5 Å². The predicted molar refractivity (Wildman–Crippen MR) is 125 cm³/mol. The third kappa shape index (κ3) is 4.17. The molecule has 8 heteroatoms. The van der Waals surface area contributed by atoms with E-state index in [4.69, 9.17) is 14.2 Å². The number of carbonyl (C=O) groups is 2. The minimum Gasteiger partial charge on any atom is -0.494 e. The maximum Gasteiger partial charge on any atom is 0.278 e. The number of hydrogen-bond donors (Lipinski definition) is 1. The van der Waals surface area contributed by atoms with Gasteiger partial charge in [-0.1, -0.05) is 12.1 Å². The highest BCUT2D eigenvalue weighted by atomic mass is 16.6. The first-order chi connectivity index (χ1) is 16.6. The zero-order chi connectivity index (χ0) is 23.5. The van der Waals surface area contributed by atoms with Crippen LogP contribution in [0.1, 0.15) is 18.1 Å². The molecule has 34 heavy (non-hydrogen) atoms. The second-order valence-corrected chi connectivity index (χ2v) is 7.74. The molecule has 1 aromatic heterocycles. The summed E-state index contributed by atoms with van der Waals surface area (Å²) < 4.78 is 16.8. The summed E-state index contributed by atoms with van der Waals surface area (Å²) in [5.41, 5.74) is 2.56. The molecule has 0 atom stereocenters. The van der Waals surface area contributed by atoms with E-state index in [2.05, 4.69) is 10.3 Å². The van der Waals surface area contributed by atoms with Crippen LogP contribution in [0, 0.1) is 0 Å². The van der Waals surface area contributed by atoms with Crippen LogP contribution < -0.4 is 19.5 Å². The van der Waals surface area contributed by atoms with Crippen molar-refractivity contribution in [2.45, 2.75) is 13.5 Å². The molecule has 2 amide bonds. The topological polar surface area (TPSA) is 90.0 Å². The van der Waals surface area contributed by atoms with Crippen LogP contribution >= 0.6 is 0 Å². The van der Waals surface area contributed by atoms with Gasteiger partial charge >= 0.3 is 0 Å². The second-order valence-electron chi connectivity index (χ2n) is 7.74. The van der Waals surface area contributed by atoms with E-state index >= 15 is 0 Å². The van der Waals surface area contributed by atoms with Gasteiger partial charge in [0.25, 0.3) is 11.8 Å². The predicted octanol–water partition coefficient (Wildman–Crippen LogP) is 3.64. The van der Waals surface area contributed by atoms with Gasteiger partial charge in [0.1, 0.15) is 24.7 Å². The lowest BCUT2D eigenvalue weighted by Crippen LogP contribution is -2.32. The van der Waals surface area contributed by atoms with Crippen molar-refractivity contribution in [3.63, 3.8) is 0 Å². The summed E-state index contributed by atoms with van der Waals surface area (Å²) in [5.74, 6) is 1.15. The third-order valence-corrected chi connectivity index (χ3v) is 5.52. The van der Waals surface area contributed by atoms with E-state index < -0.39 is 5.91 Å². The molecule has 2 aliphatic heterocycles. The Morgan fingerprint density at radius 1 is 0.941 bits per heavy atom.